The van der Waals surface area contributed by atoms with E-state index in [1.165, 1.54) is 0 Å². The molecule has 0 fully saturated rings. The lowest BCUT2D eigenvalue weighted by Gasteiger charge is -2.14. The number of carbonyl (C=O) groups excluding carboxylic acids is 1. The number of nitrogens with one attached hydrogen (secondary N) is 1. The number of benzene rings is 1. The van der Waals surface area contributed by atoms with E-state index in [2.05, 4.69) is 18.5 Å². The SMILES string of the molecule is CSCC(C)CNc1cc(C(N)=O)ccc1N. The molecular weight excluding hydrogens is 234 g/mol. The maximum atomic E-state index is 11.1. The van der Waals surface area contributed by atoms with Crippen molar-refractivity contribution in [2.24, 2.45) is 11.7 Å². The van der Waals surface area contributed by atoms with E-state index in [1.54, 1.807) is 18.2 Å². The Balaban J connectivity index is 2.69. The van der Waals surface area contributed by atoms with Crippen LogP contribution in [0, 0.1) is 5.92 Å². The molecule has 1 aromatic rings. The lowest BCUT2D eigenvalue weighted by molar-refractivity contribution is 0.100. The molecule has 0 aliphatic heterocycles. The largest absolute Gasteiger partial charge is 0.397 e. The van der Waals surface area contributed by atoms with Crippen molar-refractivity contribution in [2.45, 2.75) is 6.92 Å². The third-order valence-corrected chi connectivity index (χ3v) is 3.33. The van der Waals surface area contributed by atoms with E-state index in [0.717, 1.165) is 18.0 Å². The van der Waals surface area contributed by atoms with Gasteiger partial charge in [0.15, 0.2) is 0 Å². The Morgan fingerprint density at radius 2 is 2.24 bits per heavy atom. The molecule has 0 aliphatic rings. The predicted octanol–water partition coefficient (Wildman–Crippen LogP) is 1.78. The van der Waals surface area contributed by atoms with Crippen molar-refractivity contribution >= 4 is 29.0 Å². The van der Waals surface area contributed by atoms with E-state index in [1.807, 2.05) is 11.8 Å². The summed E-state index contributed by atoms with van der Waals surface area (Å²) in [7, 11) is 0. The zero-order valence-corrected chi connectivity index (χ0v) is 11.0. The summed E-state index contributed by atoms with van der Waals surface area (Å²) >= 11 is 1.81. The average molecular weight is 253 g/mol. The fraction of sp³-hybridized carbons (Fsp3) is 0.417. The highest BCUT2D eigenvalue weighted by atomic mass is 32.2. The lowest BCUT2D eigenvalue weighted by atomic mass is 10.1. The highest BCUT2D eigenvalue weighted by Gasteiger charge is 2.06. The monoisotopic (exact) mass is 253 g/mol. The van der Waals surface area contributed by atoms with Crippen LogP contribution in [0.2, 0.25) is 0 Å². The average Bonchev–Trinajstić information content (AvgIpc) is 2.28. The van der Waals surface area contributed by atoms with Gasteiger partial charge in [-0.1, -0.05) is 6.92 Å². The standard InChI is InChI=1S/C12H19N3OS/c1-8(7-17-2)6-15-11-5-9(12(14)16)3-4-10(11)13/h3-5,8,15H,6-7,13H2,1-2H3,(H2,14,16). The van der Waals surface area contributed by atoms with Crippen LogP contribution < -0.4 is 16.8 Å². The predicted molar refractivity (Wildman–Crippen MR) is 75.4 cm³/mol. The number of primary amides is 1. The van der Waals surface area contributed by atoms with E-state index in [-0.39, 0.29) is 0 Å². The minimum Gasteiger partial charge on any atom is -0.397 e. The lowest BCUT2D eigenvalue weighted by Crippen LogP contribution is -2.16. The quantitative estimate of drug-likeness (QED) is 0.675. The Hall–Kier alpha value is -1.36. The van der Waals surface area contributed by atoms with Gasteiger partial charge >= 0.3 is 0 Å². The smallest absolute Gasteiger partial charge is 0.248 e. The fourth-order valence-corrected chi connectivity index (χ4v) is 2.18. The number of hydrogen-bond acceptors (Lipinski definition) is 4. The first kappa shape index (κ1) is 13.7. The number of hydrogen-bond donors (Lipinski definition) is 3. The van der Waals surface area contributed by atoms with Crippen LogP contribution in [0.3, 0.4) is 0 Å². The van der Waals surface area contributed by atoms with Crippen molar-refractivity contribution in [2.75, 3.05) is 29.6 Å². The number of nitrogens with two attached hydrogens (primary N) is 2. The van der Waals surface area contributed by atoms with Crippen LogP contribution in [0.5, 0.6) is 0 Å². The van der Waals surface area contributed by atoms with Crippen LogP contribution in [0.15, 0.2) is 18.2 Å². The molecule has 1 amide bonds. The zero-order valence-electron chi connectivity index (χ0n) is 10.2. The Morgan fingerprint density at radius 3 is 2.82 bits per heavy atom. The summed E-state index contributed by atoms with van der Waals surface area (Å²) in [5.74, 6) is 1.19. The van der Waals surface area contributed by atoms with Crippen LogP contribution >= 0.6 is 11.8 Å². The molecule has 0 heterocycles. The van der Waals surface area contributed by atoms with Gasteiger partial charge < -0.3 is 16.8 Å². The third-order valence-electron chi connectivity index (χ3n) is 2.43. The third kappa shape index (κ3) is 4.19. The molecule has 1 aromatic carbocycles. The Kier molecular flexibility index (Phi) is 5.15. The Labute approximate surface area is 106 Å². The second kappa shape index (κ2) is 6.39. The molecule has 5 heteroatoms. The summed E-state index contributed by atoms with van der Waals surface area (Å²) in [6, 6.07) is 5.03. The normalized spacial score (nSPS) is 12.1. The van der Waals surface area contributed by atoms with Gasteiger partial charge in [0, 0.05) is 12.1 Å². The summed E-state index contributed by atoms with van der Waals surface area (Å²) in [5.41, 5.74) is 12.9. The van der Waals surface area contributed by atoms with Crippen LogP contribution in [0.25, 0.3) is 0 Å². The summed E-state index contributed by atoms with van der Waals surface area (Å²) in [5, 5.41) is 3.25. The van der Waals surface area contributed by atoms with Crippen LogP contribution in [-0.2, 0) is 0 Å². The van der Waals surface area contributed by atoms with Crippen molar-refractivity contribution in [3.05, 3.63) is 23.8 Å². The molecule has 0 radical (unpaired) electrons. The molecule has 0 aliphatic carbocycles. The van der Waals surface area contributed by atoms with Crippen molar-refractivity contribution in [1.29, 1.82) is 0 Å². The number of nitrogen functional groups attached to an aromatic ring is 1. The summed E-state index contributed by atoms with van der Waals surface area (Å²) in [4.78, 5) is 11.1. The van der Waals surface area contributed by atoms with E-state index in [9.17, 15) is 4.79 Å². The van der Waals surface area contributed by atoms with Gasteiger partial charge in [0.25, 0.3) is 0 Å². The number of amides is 1. The minimum absolute atomic E-state index is 0.440. The first-order valence-corrected chi connectivity index (χ1v) is 6.86. The van der Waals surface area contributed by atoms with Gasteiger partial charge in [-0.05, 0) is 36.1 Å². The van der Waals surface area contributed by atoms with Crippen molar-refractivity contribution in [3.63, 3.8) is 0 Å². The number of anilines is 2. The zero-order chi connectivity index (χ0) is 12.8. The molecule has 1 rings (SSSR count). The number of rotatable bonds is 6. The highest BCUT2D eigenvalue weighted by Crippen LogP contribution is 2.20. The summed E-state index contributed by atoms with van der Waals surface area (Å²) in [6.07, 6.45) is 2.08. The maximum absolute atomic E-state index is 11.1. The molecule has 0 spiro atoms. The Morgan fingerprint density at radius 1 is 1.53 bits per heavy atom. The first-order chi connectivity index (χ1) is 8.04. The second-order valence-corrected chi connectivity index (χ2v) is 5.02. The number of carbonyl (C=O) groups is 1. The summed E-state index contributed by atoms with van der Waals surface area (Å²) < 4.78 is 0. The van der Waals surface area contributed by atoms with Crippen molar-refractivity contribution in [1.82, 2.24) is 0 Å². The first-order valence-electron chi connectivity index (χ1n) is 5.46. The van der Waals surface area contributed by atoms with E-state index in [0.29, 0.717) is 17.2 Å². The van der Waals surface area contributed by atoms with Crippen LogP contribution in [0.4, 0.5) is 11.4 Å². The molecule has 1 atom stereocenters. The van der Waals surface area contributed by atoms with E-state index >= 15 is 0 Å². The molecule has 0 bridgehead atoms. The molecule has 0 aromatic heterocycles. The fourth-order valence-electron chi connectivity index (χ4n) is 1.49. The minimum atomic E-state index is -0.440. The van der Waals surface area contributed by atoms with Gasteiger partial charge in [-0.2, -0.15) is 11.8 Å². The van der Waals surface area contributed by atoms with Crippen LogP contribution in [0.1, 0.15) is 17.3 Å². The molecule has 1 unspecified atom stereocenters. The van der Waals surface area contributed by atoms with E-state index < -0.39 is 5.91 Å². The van der Waals surface area contributed by atoms with Crippen LogP contribution in [-0.4, -0.2) is 24.5 Å². The van der Waals surface area contributed by atoms with Gasteiger partial charge in [0.2, 0.25) is 5.91 Å². The summed E-state index contributed by atoms with van der Waals surface area (Å²) in [6.45, 7) is 2.99. The Bertz CT molecular complexity index is 395. The molecule has 0 saturated carbocycles. The van der Waals surface area contributed by atoms with Gasteiger partial charge in [-0.15, -0.1) is 0 Å². The topological polar surface area (TPSA) is 81.1 Å². The maximum Gasteiger partial charge on any atom is 0.248 e. The van der Waals surface area contributed by atoms with Gasteiger partial charge in [-0.25, -0.2) is 0 Å². The molecule has 0 saturated heterocycles. The van der Waals surface area contributed by atoms with Gasteiger partial charge in [0.1, 0.15) is 0 Å². The number of thioether (sulfide) groups is 1. The van der Waals surface area contributed by atoms with Gasteiger partial charge in [-0.3, -0.25) is 4.79 Å². The second-order valence-electron chi connectivity index (χ2n) is 4.11. The molecular formula is C12H19N3OS. The van der Waals surface area contributed by atoms with Crippen molar-refractivity contribution < 1.29 is 4.79 Å². The molecule has 94 valence electrons. The van der Waals surface area contributed by atoms with Crippen molar-refractivity contribution in [3.8, 4) is 0 Å². The van der Waals surface area contributed by atoms with E-state index in [4.69, 9.17) is 11.5 Å². The molecule has 17 heavy (non-hydrogen) atoms. The molecule has 4 nitrogen and oxygen atoms in total. The molecule has 5 N–H and O–H groups in total. The highest BCUT2D eigenvalue weighted by molar-refractivity contribution is 7.98. The van der Waals surface area contributed by atoms with Gasteiger partial charge in [0.05, 0.1) is 11.4 Å².